The van der Waals surface area contributed by atoms with Gasteiger partial charge in [0.1, 0.15) is 16.5 Å². The zero-order valence-corrected chi connectivity index (χ0v) is 15.1. The Bertz CT molecular complexity index is 839. The van der Waals surface area contributed by atoms with Crippen LogP contribution in [0.2, 0.25) is 0 Å². The molecule has 1 aliphatic heterocycles. The molecule has 1 aliphatic rings. The summed E-state index contributed by atoms with van der Waals surface area (Å²) in [5.41, 5.74) is 1.15. The predicted octanol–water partition coefficient (Wildman–Crippen LogP) is 2.55. The Morgan fingerprint density at radius 1 is 1.19 bits per heavy atom. The number of hydrogen-bond donors (Lipinski definition) is 1. The second-order valence-corrected chi connectivity index (χ2v) is 8.24. The molecule has 0 amide bonds. The number of halogens is 2. The third kappa shape index (κ3) is 4.84. The number of piperidine rings is 1. The van der Waals surface area contributed by atoms with Crippen LogP contribution in [0.1, 0.15) is 18.4 Å². The standard InChI is InChI=1S/C18H21F2N3O2S/c19-16-3-4-17(20)18(10-16)26(24,25)22-12-14-5-8-23(9-6-14)13-15-2-1-7-21-11-15/h1-4,7,10-11,14,22H,5-6,8-9,12-13H2. The van der Waals surface area contributed by atoms with Gasteiger partial charge >= 0.3 is 0 Å². The molecular weight excluding hydrogens is 360 g/mol. The van der Waals surface area contributed by atoms with E-state index in [0.717, 1.165) is 50.2 Å². The van der Waals surface area contributed by atoms with Gasteiger partial charge in [0.05, 0.1) is 0 Å². The summed E-state index contributed by atoms with van der Waals surface area (Å²) in [4.78, 5) is 5.76. The first-order valence-corrected chi connectivity index (χ1v) is 9.98. The van der Waals surface area contributed by atoms with Gasteiger partial charge in [-0.15, -0.1) is 0 Å². The molecule has 8 heteroatoms. The second kappa shape index (κ2) is 8.20. The molecule has 2 aromatic rings. The molecule has 1 aromatic heterocycles. The van der Waals surface area contributed by atoms with E-state index in [1.54, 1.807) is 6.20 Å². The number of pyridine rings is 1. The first-order valence-electron chi connectivity index (χ1n) is 8.50. The lowest BCUT2D eigenvalue weighted by molar-refractivity contribution is 0.178. The quantitative estimate of drug-likeness (QED) is 0.835. The van der Waals surface area contributed by atoms with Crippen molar-refractivity contribution in [3.63, 3.8) is 0 Å². The Balaban J connectivity index is 1.51. The van der Waals surface area contributed by atoms with E-state index in [-0.39, 0.29) is 12.5 Å². The van der Waals surface area contributed by atoms with Crippen LogP contribution in [-0.2, 0) is 16.6 Å². The lowest BCUT2D eigenvalue weighted by Gasteiger charge is -2.31. The van der Waals surface area contributed by atoms with Crippen LogP contribution >= 0.6 is 0 Å². The van der Waals surface area contributed by atoms with E-state index < -0.39 is 26.6 Å². The molecule has 0 radical (unpaired) electrons. The van der Waals surface area contributed by atoms with Crippen LogP contribution in [0.15, 0.2) is 47.6 Å². The number of benzene rings is 1. The number of likely N-dealkylation sites (tertiary alicyclic amines) is 1. The zero-order valence-electron chi connectivity index (χ0n) is 14.2. The number of sulfonamides is 1. The third-order valence-corrected chi connectivity index (χ3v) is 6.02. The lowest BCUT2D eigenvalue weighted by Crippen LogP contribution is -2.38. The van der Waals surface area contributed by atoms with Crippen molar-refractivity contribution in [2.24, 2.45) is 5.92 Å². The Morgan fingerprint density at radius 2 is 1.96 bits per heavy atom. The average molecular weight is 381 g/mol. The molecule has 0 bridgehead atoms. The van der Waals surface area contributed by atoms with Crippen molar-refractivity contribution in [2.45, 2.75) is 24.3 Å². The van der Waals surface area contributed by atoms with E-state index >= 15 is 0 Å². The van der Waals surface area contributed by atoms with Gasteiger partial charge in [-0.2, -0.15) is 0 Å². The van der Waals surface area contributed by atoms with Gasteiger partial charge in [0.2, 0.25) is 10.0 Å². The maximum atomic E-state index is 13.7. The summed E-state index contributed by atoms with van der Waals surface area (Å²) >= 11 is 0. The van der Waals surface area contributed by atoms with Gasteiger partial charge in [-0.05, 0) is 61.7 Å². The van der Waals surface area contributed by atoms with Crippen molar-refractivity contribution in [1.82, 2.24) is 14.6 Å². The number of rotatable bonds is 6. The molecule has 140 valence electrons. The van der Waals surface area contributed by atoms with E-state index in [1.807, 2.05) is 18.3 Å². The summed E-state index contributed by atoms with van der Waals surface area (Å²) in [5, 5.41) is 0. The summed E-state index contributed by atoms with van der Waals surface area (Å²) in [7, 11) is -4.06. The maximum Gasteiger partial charge on any atom is 0.243 e. The monoisotopic (exact) mass is 381 g/mol. The fourth-order valence-electron chi connectivity index (χ4n) is 3.09. The van der Waals surface area contributed by atoms with Gasteiger partial charge < -0.3 is 0 Å². The summed E-state index contributed by atoms with van der Waals surface area (Å²) in [5.74, 6) is -1.56. The highest BCUT2D eigenvalue weighted by atomic mass is 32.2. The van der Waals surface area contributed by atoms with Crippen molar-refractivity contribution >= 4 is 10.0 Å². The number of aromatic nitrogens is 1. The molecule has 0 spiro atoms. The van der Waals surface area contributed by atoms with Gasteiger partial charge in [-0.1, -0.05) is 6.07 Å². The number of nitrogens with zero attached hydrogens (tertiary/aromatic N) is 2. The molecule has 2 heterocycles. The highest BCUT2D eigenvalue weighted by molar-refractivity contribution is 7.89. The summed E-state index contributed by atoms with van der Waals surface area (Å²) in [6.07, 6.45) is 5.26. The fourth-order valence-corrected chi connectivity index (χ4v) is 4.29. The normalized spacial score (nSPS) is 16.7. The zero-order chi connectivity index (χ0) is 18.6. The Kier molecular flexibility index (Phi) is 5.95. The lowest BCUT2D eigenvalue weighted by atomic mass is 9.97. The minimum atomic E-state index is -4.06. The predicted molar refractivity (Wildman–Crippen MR) is 93.8 cm³/mol. The second-order valence-electron chi connectivity index (χ2n) is 6.51. The van der Waals surface area contributed by atoms with Crippen molar-refractivity contribution in [3.05, 3.63) is 59.9 Å². The van der Waals surface area contributed by atoms with Crippen LogP contribution in [0.5, 0.6) is 0 Å². The van der Waals surface area contributed by atoms with E-state index in [9.17, 15) is 17.2 Å². The van der Waals surface area contributed by atoms with E-state index in [4.69, 9.17) is 0 Å². The summed E-state index contributed by atoms with van der Waals surface area (Å²) in [6, 6.07) is 6.35. The van der Waals surface area contributed by atoms with Crippen LogP contribution in [0.4, 0.5) is 8.78 Å². The van der Waals surface area contributed by atoms with Crippen LogP contribution < -0.4 is 4.72 Å². The molecule has 3 rings (SSSR count). The van der Waals surface area contributed by atoms with Gasteiger partial charge in [0.25, 0.3) is 0 Å². The molecule has 1 fully saturated rings. The molecular formula is C18H21F2N3O2S. The maximum absolute atomic E-state index is 13.7. The van der Waals surface area contributed by atoms with Crippen LogP contribution in [-0.4, -0.2) is 37.9 Å². The molecule has 0 aliphatic carbocycles. The number of hydrogen-bond acceptors (Lipinski definition) is 4. The van der Waals surface area contributed by atoms with E-state index in [2.05, 4.69) is 14.6 Å². The van der Waals surface area contributed by atoms with Crippen molar-refractivity contribution < 1.29 is 17.2 Å². The molecule has 1 aromatic carbocycles. The highest BCUT2D eigenvalue weighted by Crippen LogP contribution is 2.20. The average Bonchev–Trinajstić information content (AvgIpc) is 2.64. The van der Waals surface area contributed by atoms with E-state index in [0.29, 0.717) is 6.07 Å². The smallest absolute Gasteiger partial charge is 0.243 e. The highest BCUT2D eigenvalue weighted by Gasteiger charge is 2.24. The van der Waals surface area contributed by atoms with E-state index in [1.165, 1.54) is 0 Å². The summed E-state index contributed by atoms with van der Waals surface area (Å²) in [6.45, 7) is 2.75. The molecule has 1 saturated heterocycles. The minimum Gasteiger partial charge on any atom is -0.299 e. The Labute approximate surface area is 152 Å². The summed E-state index contributed by atoms with van der Waals surface area (Å²) < 4.78 is 53.8. The van der Waals surface area contributed by atoms with Gasteiger partial charge in [0, 0.05) is 25.5 Å². The van der Waals surface area contributed by atoms with Crippen molar-refractivity contribution in [3.8, 4) is 0 Å². The molecule has 26 heavy (non-hydrogen) atoms. The van der Waals surface area contributed by atoms with Gasteiger partial charge in [-0.3, -0.25) is 9.88 Å². The molecule has 0 unspecified atom stereocenters. The van der Waals surface area contributed by atoms with Crippen molar-refractivity contribution in [2.75, 3.05) is 19.6 Å². The Morgan fingerprint density at radius 3 is 2.65 bits per heavy atom. The Hall–Kier alpha value is -1.90. The van der Waals surface area contributed by atoms with Crippen LogP contribution in [0.3, 0.4) is 0 Å². The molecule has 1 N–H and O–H groups in total. The molecule has 0 atom stereocenters. The van der Waals surface area contributed by atoms with Crippen LogP contribution in [0.25, 0.3) is 0 Å². The first kappa shape index (κ1) is 18.9. The molecule has 5 nitrogen and oxygen atoms in total. The topological polar surface area (TPSA) is 62.3 Å². The fraction of sp³-hybridized carbons (Fsp3) is 0.389. The van der Waals surface area contributed by atoms with Crippen molar-refractivity contribution in [1.29, 1.82) is 0 Å². The van der Waals surface area contributed by atoms with Gasteiger partial charge in [-0.25, -0.2) is 21.9 Å². The molecule has 0 saturated carbocycles. The third-order valence-electron chi connectivity index (χ3n) is 4.58. The number of nitrogens with one attached hydrogen (secondary N) is 1. The minimum absolute atomic E-state index is 0.173. The van der Waals surface area contributed by atoms with Crippen LogP contribution in [0, 0.1) is 17.6 Å². The SMILES string of the molecule is O=S(=O)(NCC1CCN(Cc2cccnc2)CC1)c1cc(F)ccc1F. The van der Waals surface area contributed by atoms with Gasteiger partial charge in [0.15, 0.2) is 0 Å². The first-order chi connectivity index (χ1) is 12.4. The largest absolute Gasteiger partial charge is 0.299 e.